The zero-order chi connectivity index (χ0) is 7.40. The summed E-state index contributed by atoms with van der Waals surface area (Å²) >= 11 is 0. The number of aliphatic hydroxyl groups is 1. The molecule has 0 fully saturated rings. The van der Waals surface area contributed by atoms with E-state index in [1.165, 1.54) is 0 Å². The van der Waals surface area contributed by atoms with Gasteiger partial charge in [0.2, 0.25) is 0 Å². The Morgan fingerprint density at radius 3 is 2.70 bits per heavy atom. The number of hydrogen-bond acceptors (Lipinski definition) is 2. The molecule has 0 unspecified atom stereocenters. The van der Waals surface area contributed by atoms with Crippen molar-refractivity contribution in [3.05, 3.63) is 35.4 Å². The van der Waals surface area contributed by atoms with Crippen molar-refractivity contribution in [3.8, 4) is 0 Å². The summed E-state index contributed by atoms with van der Waals surface area (Å²) in [5.74, 6) is 0. The van der Waals surface area contributed by atoms with Crippen molar-refractivity contribution in [1.82, 2.24) is 0 Å². The first-order chi connectivity index (χ1) is 4.86. The standard InChI is InChI=1S/C8H10NO/c9-5-7-2-1-3-8(4-7)6-10/h1-3,10H,5-6,9H2. The molecule has 2 nitrogen and oxygen atoms in total. The van der Waals surface area contributed by atoms with E-state index in [-0.39, 0.29) is 6.61 Å². The Balaban J connectivity index is 2.87. The molecule has 2 heteroatoms. The molecule has 10 heavy (non-hydrogen) atoms. The predicted octanol–water partition coefficient (Wildman–Crippen LogP) is 0.438. The third kappa shape index (κ3) is 1.56. The van der Waals surface area contributed by atoms with Crippen LogP contribution in [-0.4, -0.2) is 5.11 Å². The van der Waals surface area contributed by atoms with Crippen molar-refractivity contribution < 1.29 is 5.11 Å². The molecule has 0 aliphatic heterocycles. The van der Waals surface area contributed by atoms with E-state index in [0.29, 0.717) is 6.54 Å². The van der Waals surface area contributed by atoms with E-state index in [0.717, 1.165) is 11.1 Å². The number of benzene rings is 1. The molecule has 0 saturated heterocycles. The molecular weight excluding hydrogens is 126 g/mol. The molecule has 0 amide bonds. The van der Waals surface area contributed by atoms with Gasteiger partial charge in [-0.2, -0.15) is 0 Å². The van der Waals surface area contributed by atoms with Gasteiger partial charge < -0.3 is 10.8 Å². The SMILES string of the molecule is NCc1[c]c(CO)ccc1. The van der Waals surface area contributed by atoms with Crippen LogP contribution in [0, 0.1) is 6.07 Å². The quantitative estimate of drug-likeness (QED) is 0.619. The lowest BCUT2D eigenvalue weighted by Gasteiger charge is -1.97. The second-order valence-electron chi connectivity index (χ2n) is 2.06. The summed E-state index contributed by atoms with van der Waals surface area (Å²) in [5.41, 5.74) is 7.09. The lowest BCUT2D eigenvalue weighted by atomic mass is 10.1. The van der Waals surface area contributed by atoms with Crippen LogP contribution in [0.5, 0.6) is 0 Å². The van der Waals surface area contributed by atoms with Gasteiger partial charge >= 0.3 is 0 Å². The van der Waals surface area contributed by atoms with Gasteiger partial charge in [-0.1, -0.05) is 18.2 Å². The van der Waals surface area contributed by atoms with Gasteiger partial charge in [-0.3, -0.25) is 0 Å². The highest BCUT2D eigenvalue weighted by molar-refractivity contribution is 5.20. The molecule has 1 rings (SSSR count). The van der Waals surface area contributed by atoms with Crippen LogP contribution in [0.3, 0.4) is 0 Å². The summed E-state index contributed by atoms with van der Waals surface area (Å²) in [7, 11) is 0. The summed E-state index contributed by atoms with van der Waals surface area (Å²) < 4.78 is 0. The van der Waals surface area contributed by atoms with Crippen LogP contribution in [0.1, 0.15) is 11.1 Å². The maximum atomic E-state index is 8.69. The normalized spacial score (nSPS) is 9.80. The zero-order valence-electron chi connectivity index (χ0n) is 5.67. The van der Waals surface area contributed by atoms with Crippen LogP contribution in [0.25, 0.3) is 0 Å². The second kappa shape index (κ2) is 3.34. The molecule has 3 N–H and O–H groups in total. The van der Waals surface area contributed by atoms with E-state index in [1.54, 1.807) is 0 Å². The minimum atomic E-state index is 0.0356. The Labute approximate surface area is 60.3 Å². The van der Waals surface area contributed by atoms with Crippen LogP contribution in [0.4, 0.5) is 0 Å². The Bertz CT molecular complexity index is 191. The lowest BCUT2D eigenvalue weighted by Crippen LogP contribution is -1.97. The van der Waals surface area contributed by atoms with Gasteiger partial charge in [0.15, 0.2) is 0 Å². The van der Waals surface area contributed by atoms with E-state index < -0.39 is 0 Å². The van der Waals surface area contributed by atoms with Crippen molar-refractivity contribution in [2.24, 2.45) is 5.73 Å². The molecule has 0 bridgehead atoms. The molecule has 0 saturated carbocycles. The smallest absolute Gasteiger partial charge is 0.0687 e. The van der Waals surface area contributed by atoms with Gasteiger partial charge in [-0.05, 0) is 17.2 Å². The third-order valence-electron chi connectivity index (χ3n) is 1.31. The van der Waals surface area contributed by atoms with E-state index >= 15 is 0 Å². The van der Waals surface area contributed by atoms with Crippen molar-refractivity contribution in [2.45, 2.75) is 13.2 Å². The number of nitrogens with two attached hydrogens (primary N) is 1. The second-order valence-corrected chi connectivity index (χ2v) is 2.06. The van der Waals surface area contributed by atoms with Crippen molar-refractivity contribution in [1.29, 1.82) is 0 Å². The molecule has 0 spiro atoms. The van der Waals surface area contributed by atoms with E-state index in [4.69, 9.17) is 10.8 Å². The fourth-order valence-electron chi connectivity index (χ4n) is 0.781. The third-order valence-corrected chi connectivity index (χ3v) is 1.31. The fourth-order valence-corrected chi connectivity index (χ4v) is 0.781. The van der Waals surface area contributed by atoms with Gasteiger partial charge in [-0.15, -0.1) is 0 Å². The molecule has 0 aliphatic rings. The van der Waals surface area contributed by atoms with Crippen molar-refractivity contribution in [2.75, 3.05) is 0 Å². The Morgan fingerprint density at radius 2 is 2.10 bits per heavy atom. The molecule has 0 aliphatic carbocycles. The monoisotopic (exact) mass is 136 g/mol. The van der Waals surface area contributed by atoms with Gasteiger partial charge in [0.25, 0.3) is 0 Å². The molecular formula is C8H10NO. The van der Waals surface area contributed by atoms with E-state index in [2.05, 4.69) is 6.07 Å². The van der Waals surface area contributed by atoms with E-state index in [9.17, 15) is 0 Å². The first-order valence-electron chi connectivity index (χ1n) is 3.18. The van der Waals surface area contributed by atoms with Crippen LogP contribution < -0.4 is 5.73 Å². The minimum Gasteiger partial charge on any atom is -0.392 e. The summed E-state index contributed by atoms with van der Waals surface area (Å²) in [6.45, 7) is 0.516. The Kier molecular flexibility index (Phi) is 2.42. The highest BCUT2D eigenvalue weighted by atomic mass is 16.3. The maximum Gasteiger partial charge on any atom is 0.0687 e. The van der Waals surface area contributed by atoms with Gasteiger partial charge in [0.1, 0.15) is 0 Å². The molecule has 1 radical (unpaired) electrons. The summed E-state index contributed by atoms with van der Waals surface area (Å²) in [6.07, 6.45) is 0. The Hall–Kier alpha value is -0.860. The average molecular weight is 136 g/mol. The van der Waals surface area contributed by atoms with E-state index in [1.807, 2.05) is 18.2 Å². The first kappa shape index (κ1) is 7.25. The summed E-state index contributed by atoms with van der Waals surface area (Å²) in [4.78, 5) is 0. The molecule has 1 aromatic rings. The van der Waals surface area contributed by atoms with Crippen LogP contribution in [0.2, 0.25) is 0 Å². The van der Waals surface area contributed by atoms with Crippen molar-refractivity contribution >= 4 is 0 Å². The van der Waals surface area contributed by atoms with Crippen LogP contribution in [-0.2, 0) is 13.2 Å². The molecule has 0 atom stereocenters. The summed E-state index contributed by atoms with van der Waals surface area (Å²) in [6, 6.07) is 8.54. The minimum absolute atomic E-state index is 0.0356. The highest BCUT2D eigenvalue weighted by Gasteiger charge is 1.91. The Morgan fingerprint density at radius 1 is 1.40 bits per heavy atom. The first-order valence-corrected chi connectivity index (χ1v) is 3.18. The topological polar surface area (TPSA) is 46.2 Å². The van der Waals surface area contributed by atoms with Crippen LogP contribution >= 0.6 is 0 Å². The van der Waals surface area contributed by atoms with Gasteiger partial charge in [0.05, 0.1) is 6.61 Å². The van der Waals surface area contributed by atoms with Gasteiger partial charge in [-0.25, -0.2) is 0 Å². The largest absolute Gasteiger partial charge is 0.392 e. The molecule has 0 heterocycles. The summed E-state index contributed by atoms with van der Waals surface area (Å²) in [5, 5.41) is 8.69. The molecule has 1 aromatic carbocycles. The zero-order valence-corrected chi connectivity index (χ0v) is 5.67. The lowest BCUT2D eigenvalue weighted by molar-refractivity contribution is 0.281. The maximum absolute atomic E-state index is 8.69. The number of aliphatic hydroxyl groups excluding tert-OH is 1. The average Bonchev–Trinajstić information content (AvgIpc) is 2.05. The van der Waals surface area contributed by atoms with Crippen LogP contribution in [0.15, 0.2) is 18.2 Å². The highest BCUT2D eigenvalue weighted by Crippen LogP contribution is 2.02. The number of rotatable bonds is 2. The van der Waals surface area contributed by atoms with Crippen molar-refractivity contribution in [3.63, 3.8) is 0 Å². The van der Waals surface area contributed by atoms with Gasteiger partial charge in [0, 0.05) is 6.54 Å². The molecule has 0 aromatic heterocycles. The number of hydrogen-bond donors (Lipinski definition) is 2. The fraction of sp³-hybridized carbons (Fsp3) is 0.250. The molecule has 53 valence electrons. The predicted molar refractivity (Wildman–Crippen MR) is 39.1 cm³/mol.